The first-order chi connectivity index (χ1) is 11.1. The van der Waals surface area contributed by atoms with Gasteiger partial charge in [-0.15, -0.1) is 12.4 Å². The fourth-order valence-corrected chi connectivity index (χ4v) is 2.57. The lowest BCUT2D eigenvalue weighted by Crippen LogP contribution is -2.50. The van der Waals surface area contributed by atoms with Crippen molar-refractivity contribution in [2.24, 2.45) is 5.92 Å². The Morgan fingerprint density at radius 3 is 2.50 bits per heavy atom. The molecule has 3 amide bonds. The molecule has 0 saturated carbocycles. The number of piperazine rings is 1. The molecule has 0 aromatic heterocycles. The van der Waals surface area contributed by atoms with E-state index >= 15 is 0 Å². The molecule has 3 N–H and O–H groups in total. The maximum absolute atomic E-state index is 12.3. The van der Waals surface area contributed by atoms with Crippen LogP contribution in [0.25, 0.3) is 0 Å². The molecular formula is C16H21ClN4O3. The highest BCUT2D eigenvalue weighted by atomic mass is 35.5. The Balaban J connectivity index is 0.00000208. The number of halogens is 1. The van der Waals surface area contributed by atoms with E-state index in [2.05, 4.69) is 16.0 Å². The standard InChI is InChI=1S/C16H20N4O3.ClH/c21-14-10-20(6-5-18-14)16(23)12-3-1-11(2-4-12)7-19-15(22)13-8-17-9-13;/h1-4,13,17H,5-10H2,(H,18,21)(H,19,22);1H. The molecule has 2 saturated heterocycles. The van der Waals surface area contributed by atoms with Crippen molar-refractivity contribution in [3.05, 3.63) is 35.4 Å². The summed E-state index contributed by atoms with van der Waals surface area (Å²) in [4.78, 5) is 37.0. The Kier molecular flexibility index (Phi) is 6.16. The second-order valence-electron chi connectivity index (χ2n) is 5.85. The number of nitrogens with one attached hydrogen (secondary N) is 3. The van der Waals surface area contributed by atoms with Crippen molar-refractivity contribution in [2.75, 3.05) is 32.7 Å². The lowest BCUT2D eigenvalue weighted by molar-refractivity contribution is -0.126. The number of benzene rings is 1. The zero-order valence-electron chi connectivity index (χ0n) is 13.2. The van der Waals surface area contributed by atoms with Gasteiger partial charge in [0.1, 0.15) is 0 Å². The van der Waals surface area contributed by atoms with Gasteiger partial charge in [-0.25, -0.2) is 0 Å². The first-order valence-corrected chi connectivity index (χ1v) is 7.77. The molecule has 130 valence electrons. The molecule has 2 heterocycles. The van der Waals surface area contributed by atoms with Crippen molar-refractivity contribution in [1.82, 2.24) is 20.9 Å². The third-order valence-corrected chi connectivity index (χ3v) is 4.15. The zero-order valence-corrected chi connectivity index (χ0v) is 14.0. The molecule has 8 heteroatoms. The first kappa shape index (κ1) is 18.2. The van der Waals surface area contributed by atoms with E-state index in [9.17, 15) is 14.4 Å². The minimum atomic E-state index is -0.143. The Hall–Kier alpha value is -2.12. The number of nitrogens with zero attached hydrogens (tertiary/aromatic N) is 1. The number of rotatable bonds is 4. The van der Waals surface area contributed by atoms with Crippen LogP contribution in [0, 0.1) is 5.92 Å². The Labute approximate surface area is 146 Å². The zero-order chi connectivity index (χ0) is 16.2. The van der Waals surface area contributed by atoms with Crippen LogP contribution in [0.5, 0.6) is 0 Å². The smallest absolute Gasteiger partial charge is 0.254 e. The van der Waals surface area contributed by atoms with Gasteiger partial charge in [-0.05, 0) is 17.7 Å². The van der Waals surface area contributed by atoms with E-state index in [0.29, 0.717) is 25.2 Å². The van der Waals surface area contributed by atoms with Crippen molar-refractivity contribution in [3.63, 3.8) is 0 Å². The summed E-state index contributed by atoms with van der Waals surface area (Å²) in [6.07, 6.45) is 0. The fourth-order valence-electron chi connectivity index (χ4n) is 2.57. The average molecular weight is 353 g/mol. The minimum absolute atomic E-state index is 0. The van der Waals surface area contributed by atoms with Gasteiger partial charge < -0.3 is 20.9 Å². The highest BCUT2D eigenvalue weighted by Crippen LogP contribution is 2.09. The average Bonchev–Trinajstić information content (AvgIpc) is 2.51. The van der Waals surface area contributed by atoms with Crippen LogP contribution >= 0.6 is 12.4 Å². The summed E-state index contributed by atoms with van der Waals surface area (Å²) in [5.74, 6) is -0.144. The third kappa shape index (κ3) is 4.24. The number of amides is 3. The van der Waals surface area contributed by atoms with Crippen molar-refractivity contribution in [2.45, 2.75) is 6.54 Å². The Bertz CT molecular complexity index is 616. The van der Waals surface area contributed by atoms with Crippen molar-refractivity contribution in [3.8, 4) is 0 Å². The van der Waals surface area contributed by atoms with Gasteiger partial charge in [-0.1, -0.05) is 12.1 Å². The van der Waals surface area contributed by atoms with Gasteiger partial charge in [0.25, 0.3) is 5.91 Å². The molecule has 0 spiro atoms. The number of carbonyl (C=O) groups is 3. The molecule has 1 aromatic carbocycles. The summed E-state index contributed by atoms with van der Waals surface area (Å²) in [5.41, 5.74) is 1.50. The maximum atomic E-state index is 12.3. The van der Waals surface area contributed by atoms with Crippen molar-refractivity contribution >= 4 is 30.1 Å². The summed E-state index contributed by atoms with van der Waals surface area (Å²) >= 11 is 0. The maximum Gasteiger partial charge on any atom is 0.254 e. The molecule has 24 heavy (non-hydrogen) atoms. The second-order valence-corrected chi connectivity index (χ2v) is 5.85. The summed E-state index contributed by atoms with van der Waals surface area (Å²) in [7, 11) is 0. The number of hydrogen-bond acceptors (Lipinski definition) is 4. The lowest BCUT2D eigenvalue weighted by Gasteiger charge is -2.26. The van der Waals surface area contributed by atoms with Crippen LogP contribution in [-0.2, 0) is 16.1 Å². The second kappa shape index (κ2) is 8.12. The van der Waals surface area contributed by atoms with Crippen molar-refractivity contribution in [1.29, 1.82) is 0 Å². The van der Waals surface area contributed by atoms with Gasteiger partial charge in [0, 0.05) is 38.3 Å². The number of carbonyl (C=O) groups excluding carboxylic acids is 3. The number of hydrogen-bond donors (Lipinski definition) is 3. The lowest BCUT2D eigenvalue weighted by atomic mass is 10.0. The van der Waals surface area contributed by atoms with E-state index < -0.39 is 0 Å². The SMILES string of the molecule is Cl.O=C1CN(C(=O)c2ccc(CNC(=O)C3CNC3)cc2)CCN1. The van der Waals surface area contributed by atoms with Gasteiger partial charge in [0.15, 0.2) is 0 Å². The summed E-state index contributed by atoms with van der Waals surface area (Å²) < 4.78 is 0. The largest absolute Gasteiger partial charge is 0.353 e. The molecule has 2 aliphatic rings. The Morgan fingerprint density at radius 1 is 1.21 bits per heavy atom. The summed E-state index contributed by atoms with van der Waals surface area (Å²) in [6, 6.07) is 7.13. The quantitative estimate of drug-likeness (QED) is 0.682. The third-order valence-electron chi connectivity index (χ3n) is 4.15. The van der Waals surface area contributed by atoms with Crippen molar-refractivity contribution < 1.29 is 14.4 Å². The predicted molar refractivity (Wildman–Crippen MR) is 90.8 cm³/mol. The van der Waals surface area contributed by atoms with E-state index in [1.54, 1.807) is 17.0 Å². The van der Waals surface area contributed by atoms with Gasteiger partial charge in [-0.3, -0.25) is 14.4 Å². The van der Waals surface area contributed by atoms with Crippen LogP contribution in [0.3, 0.4) is 0 Å². The molecule has 1 aromatic rings. The first-order valence-electron chi connectivity index (χ1n) is 7.77. The Morgan fingerprint density at radius 2 is 1.92 bits per heavy atom. The van der Waals surface area contributed by atoms with Crippen LogP contribution < -0.4 is 16.0 Å². The molecule has 2 aliphatic heterocycles. The monoisotopic (exact) mass is 352 g/mol. The molecule has 3 rings (SSSR count). The normalized spacial score (nSPS) is 17.3. The predicted octanol–water partition coefficient (Wildman–Crippen LogP) is -0.484. The summed E-state index contributed by atoms with van der Waals surface area (Å²) in [5, 5.41) is 8.65. The van der Waals surface area contributed by atoms with Crippen LogP contribution in [0.2, 0.25) is 0 Å². The van der Waals surface area contributed by atoms with Gasteiger partial charge in [0.05, 0.1) is 12.5 Å². The van der Waals surface area contributed by atoms with E-state index in [4.69, 9.17) is 0 Å². The highest BCUT2D eigenvalue weighted by molar-refractivity contribution is 5.97. The van der Waals surface area contributed by atoms with E-state index in [-0.39, 0.29) is 42.6 Å². The van der Waals surface area contributed by atoms with Gasteiger partial charge >= 0.3 is 0 Å². The molecule has 7 nitrogen and oxygen atoms in total. The van der Waals surface area contributed by atoms with E-state index in [1.165, 1.54) is 0 Å². The van der Waals surface area contributed by atoms with Crippen LogP contribution in [0.15, 0.2) is 24.3 Å². The molecule has 0 bridgehead atoms. The highest BCUT2D eigenvalue weighted by Gasteiger charge is 2.24. The van der Waals surface area contributed by atoms with Crippen LogP contribution in [0.4, 0.5) is 0 Å². The van der Waals surface area contributed by atoms with Gasteiger partial charge in [0.2, 0.25) is 11.8 Å². The van der Waals surface area contributed by atoms with E-state index in [0.717, 1.165) is 18.7 Å². The van der Waals surface area contributed by atoms with Crippen LogP contribution in [0.1, 0.15) is 15.9 Å². The van der Waals surface area contributed by atoms with Crippen LogP contribution in [-0.4, -0.2) is 55.3 Å². The molecule has 0 unspecified atom stereocenters. The molecule has 0 aliphatic carbocycles. The topological polar surface area (TPSA) is 90.5 Å². The minimum Gasteiger partial charge on any atom is -0.353 e. The van der Waals surface area contributed by atoms with E-state index in [1.807, 2.05) is 12.1 Å². The summed E-state index contributed by atoms with van der Waals surface area (Å²) in [6.45, 7) is 3.05. The molecule has 2 fully saturated rings. The molecule has 0 atom stereocenters. The fraction of sp³-hybridized carbons (Fsp3) is 0.438. The van der Waals surface area contributed by atoms with Gasteiger partial charge in [-0.2, -0.15) is 0 Å². The molecular weight excluding hydrogens is 332 g/mol. The molecule has 0 radical (unpaired) electrons.